The van der Waals surface area contributed by atoms with Crippen molar-refractivity contribution in [2.24, 2.45) is 5.14 Å². The van der Waals surface area contributed by atoms with Gasteiger partial charge in [-0.05, 0) is 83.7 Å². The van der Waals surface area contributed by atoms with E-state index in [1.165, 1.54) is 17.9 Å². The number of hydrogen-bond donors (Lipinski definition) is 3. The number of hydrogen-bond acceptors (Lipinski definition) is 7. The van der Waals surface area contributed by atoms with Crippen molar-refractivity contribution in [2.75, 3.05) is 17.8 Å². The predicted molar refractivity (Wildman–Crippen MR) is 161 cm³/mol. The quantitative estimate of drug-likeness (QED) is 0.372. The maximum absolute atomic E-state index is 14.3. The predicted octanol–water partition coefficient (Wildman–Crippen LogP) is 3.40. The molecule has 0 bridgehead atoms. The first kappa shape index (κ1) is 32.7. The van der Waals surface area contributed by atoms with Crippen LogP contribution < -0.4 is 14.6 Å². The minimum absolute atomic E-state index is 0.00325. The summed E-state index contributed by atoms with van der Waals surface area (Å²) < 4.78 is 96.2. The Balaban J connectivity index is 1.94. The topological polar surface area (TPSA) is 173 Å². The van der Waals surface area contributed by atoms with E-state index in [1.54, 1.807) is 0 Å². The molecule has 1 aliphatic heterocycles. The van der Waals surface area contributed by atoms with Gasteiger partial charge in [0.05, 0.1) is 15.1 Å². The lowest BCUT2D eigenvalue weighted by Crippen LogP contribution is -2.64. The second-order valence-electron chi connectivity index (χ2n) is 9.66. The number of benzene rings is 2. The van der Waals surface area contributed by atoms with Crippen molar-refractivity contribution in [1.29, 1.82) is 0 Å². The van der Waals surface area contributed by atoms with Crippen LogP contribution in [0.15, 0.2) is 63.6 Å². The molecule has 0 spiro atoms. The highest BCUT2D eigenvalue weighted by Crippen LogP contribution is 2.38. The first-order valence-corrected chi connectivity index (χ1v) is 18.2. The molecule has 228 valence electrons. The Bertz CT molecular complexity index is 1830. The van der Waals surface area contributed by atoms with E-state index in [4.69, 9.17) is 28.3 Å². The molecule has 0 radical (unpaired) electrons. The van der Waals surface area contributed by atoms with Crippen molar-refractivity contribution >= 4 is 80.8 Å². The summed E-state index contributed by atoms with van der Waals surface area (Å²) in [7, 11) is -14.4. The van der Waals surface area contributed by atoms with Crippen LogP contribution in [-0.4, -0.2) is 59.1 Å². The Hall–Kier alpha value is -2.21. The van der Waals surface area contributed by atoms with Gasteiger partial charge in [0, 0.05) is 28.8 Å². The van der Waals surface area contributed by atoms with E-state index in [1.807, 2.05) is 0 Å². The van der Waals surface area contributed by atoms with E-state index >= 15 is 0 Å². The van der Waals surface area contributed by atoms with Crippen molar-refractivity contribution in [1.82, 2.24) is 9.62 Å². The molecular weight excluding hydrogens is 722 g/mol. The third-order valence-corrected chi connectivity index (χ3v) is 12.4. The molecule has 18 heteroatoms. The summed E-state index contributed by atoms with van der Waals surface area (Å²) in [4.78, 5) is 14.9. The highest BCUT2D eigenvalue weighted by molar-refractivity contribution is 9.10. The zero-order chi connectivity index (χ0) is 31.3. The molecule has 1 amide bonds. The number of aryl methyl sites for hydroxylation is 1. The Morgan fingerprint density at radius 2 is 1.62 bits per heavy atom. The monoisotopic (exact) mass is 744 g/mol. The summed E-state index contributed by atoms with van der Waals surface area (Å²) in [6.45, 7) is 1.63. The molecule has 2 aromatic rings. The van der Waals surface area contributed by atoms with Gasteiger partial charge >= 0.3 is 0 Å². The van der Waals surface area contributed by atoms with Crippen LogP contribution in [0.1, 0.15) is 18.4 Å². The number of primary sulfonamides is 1. The van der Waals surface area contributed by atoms with E-state index in [-0.39, 0.29) is 43.8 Å². The summed E-state index contributed by atoms with van der Waals surface area (Å²) in [6, 6.07) is 5.61. The second-order valence-corrected chi connectivity index (χ2v) is 16.6. The van der Waals surface area contributed by atoms with E-state index < -0.39 is 57.5 Å². The van der Waals surface area contributed by atoms with Gasteiger partial charge < -0.3 is 4.90 Å². The standard InChI is InChI=1S/C24H24BrCl2FN4O7S3/c1-14-8-20(28)19(25)12-21(14)31-42(38,39)24(23(33)32-6-2-3-7-32)13-17(4-5-22(24)40(29,34)35)30-41(36,37)18-10-15(26)9-16(27)11-18/h4-5,8-13,22,30-31H,2-3,6-7H2,1H3,(H2,29,34,35). The Kier molecular flexibility index (Phi) is 9.11. The zero-order valence-corrected chi connectivity index (χ0v) is 27.2. The van der Waals surface area contributed by atoms with Gasteiger partial charge in [0.1, 0.15) is 11.1 Å². The fourth-order valence-electron chi connectivity index (χ4n) is 4.69. The van der Waals surface area contributed by atoms with Gasteiger partial charge in [-0.25, -0.2) is 34.8 Å². The van der Waals surface area contributed by atoms with Crippen LogP contribution in [0.4, 0.5) is 10.1 Å². The van der Waals surface area contributed by atoms with Crippen LogP contribution >= 0.6 is 39.1 Å². The van der Waals surface area contributed by atoms with Gasteiger partial charge in [-0.3, -0.25) is 14.2 Å². The lowest BCUT2D eigenvalue weighted by atomic mass is 9.95. The first-order chi connectivity index (χ1) is 19.4. The van der Waals surface area contributed by atoms with E-state index in [2.05, 4.69) is 25.4 Å². The molecule has 0 saturated carbocycles. The lowest BCUT2D eigenvalue weighted by molar-refractivity contribution is -0.131. The minimum Gasteiger partial charge on any atom is -0.341 e. The number of halogens is 4. The Labute approximate surface area is 261 Å². The number of nitrogens with one attached hydrogen (secondary N) is 2. The molecule has 1 fully saturated rings. The largest absolute Gasteiger partial charge is 0.341 e. The molecular formula is C24H24BrCl2FN4O7S3. The highest BCUT2D eigenvalue weighted by Gasteiger charge is 2.61. The first-order valence-electron chi connectivity index (χ1n) is 12.1. The molecule has 0 aromatic heterocycles. The number of sulfonamides is 3. The molecule has 2 aromatic carbocycles. The fraction of sp³-hybridized carbons (Fsp3) is 0.292. The average Bonchev–Trinajstić information content (AvgIpc) is 3.40. The summed E-state index contributed by atoms with van der Waals surface area (Å²) in [6.07, 6.45) is 3.58. The third-order valence-electron chi connectivity index (χ3n) is 6.68. The van der Waals surface area contributed by atoms with E-state index in [0.717, 1.165) is 36.4 Å². The van der Waals surface area contributed by atoms with Gasteiger partial charge in [-0.1, -0.05) is 29.3 Å². The summed E-state index contributed by atoms with van der Waals surface area (Å²) in [5, 5.41) is 3.31. The number of nitrogens with zero attached hydrogens (tertiary/aromatic N) is 1. The van der Waals surface area contributed by atoms with Gasteiger partial charge in [-0.2, -0.15) is 0 Å². The summed E-state index contributed by atoms with van der Waals surface area (Å²) in [5.74, 6) is -1.84. The van der Waals surface area contributed by atoms with Gasteiger partial charge in [0.2, 0.25) is 14.8 Å². The van der Waals surface area contributed by atoms with Crippen LogP contribution in [-0.2, 0) is 34.9 Å². The van der Waals surface area contributed by atoms with E-state index in [9.17, 15) is 34.4 Å². The molecule has 1 saturated heterocycles. The maximum atomic E-state index is 14.3. The molecule has 42 heavy (non-hydrogen) atoms. The maximum Gasteiger partial charge on any atom is 0.261 e. The molecule has 4 N–H and O–H groups in total. The van der Waals surface area contributed by atoms with Crippen molar-refractivity contribution in [3.63, 3.8) is 0 Å². The molecule has 4 rings (SSSR count). The fourth-order valence-corrected chi connectivity index (χ4v) is 10.3. The molecule has 2 unspecified atom stereocenters. The highest BCUT2D eigenvalue weighted by atomic mass is 79.9. The summed E-state index contributed by atoms with van der Waals surface area (Å²) in [5.41, 5.74) is -0.492. The normalized spacial score (nSPS) is 21.2. The number of amides is 1. The van der Waals surface area contributed by atoms with Crippen molar-refractivity contribution < 1.29 is 34.4 Å². The van der Waals surface area contributed by atoms with Crippen molar-refractivity contribution in [2.45, 2.75) is 34.7 Å². The zero-order valence-electron chi connectivity index (χ0n) is 21.6. The number of anilines is 1. The smallest absolute Gasteiger partial charge is 0.261 e. The third kappa shape index (κ3) is 6.34. The lowest BCUT2D eigenvalue weighted by Gasteiger charge is -2.38. The van der Waals surface area contributed by atoms with Gasteiger partial charge in [0.15, 0.2) is 0 Å². The molecule has 2 atom stereocenters. The molecule has 11 nitrogen and oxygen atoms in total. The number of rotatable bonds is 8. The number of allylic oxidation sites excluding steroid dienone is 1. The van der Waals surface area contributed by atoms with Gasteiger partial charge in [0.25, 0.3) is 26.0 Å². The number of likely N-dealkylation sites (tertiary alicyclic amines) is 1. The molecule has 1 aliphatic carbocycles. The van der Waals surface area contributed by atoms with Gasteiger partial charge in [-0.15, -0.1) is 0 Å². The number of carbonyl (C=O) groups is 1. The average molecular weight is 746 g/mol. The van der Waals surface area contributed by atoms with Crippen LogP contribution in [0.3, 0.4) is 0 Å². The second kappa shape index (κ2) is 11.7. The van der Waals surface area contributed by atoms with Crippen LogP contribution in [0.25, 0.3) is 0 Å². The van der Waals surface area contributed by atoms with Crippen molar-refractivity contribution in [3.8, 4) is 0 Å². The number of carbonyl (C=O) groups excluding carboxylic acids is 1. The SMILES string of the molecule is Cc1cc(F)c(Br)cc1NS(=O)(=O)C1(C(=O)N2CCCC2)C=C(NS(=O)(=O)c2cc(Cl)cc(Cl)c2)C=CC1S(N)(=O)=O. The molecule has 2 aliphatic rings. The van der Waals surface area contributed by atoms with Crippen LogP contribution in [0, 0.1) is 12.7 Å². The van der Waals surface area contributed by atoms with Crippen molar-refractivity contribution in [3.05, 3.63) is 80.2 Å². The Morgan fingerprint density at radius 3 is 2.19 bits per heavy atom. The van der Waals surface area contributed by atoms with Crippen LogP contribution in [0.5, 0.6) is 0 Å². The van der Waals surface area contributed by atoms with Crippen LogP contribution in [0.2, 0.25) is 10.0 Å². The number of nitrogens with two attached hydrogens (primary N) is 1. The Morgan fingerprint density at radius 1 is 1.02 bits per heavy atom. The summed E-state index contributed by atoms with van der Waals surface area (Å²) >= 11 is 14.9. The minimum atomic E-state index is -5.13. The van der Waals surface area contributed by atoms with E-state index in [0.29, 0.717) is 18.9 Å². The molecule has 1 heterocycles.